The van der Waals surface area contributed by atoms with Crippen LogP contribution >= 0.6 is 22.7 Å². The molecule has 24 heavy (non-hydrogen) atoms. The molecular formula is C19H18N2OS2. The topological polar surface area (TPSA) is 38.1 Å². The molecule has 0 fully saturated rings. The molecule has 0 unspecified atom stereocenters. The Morgan fingerprint density at radius 3 is 2.92 bits per heavy atom. The van der Waals surface area contributed by atoms with E-state index in [1.54, 1.807) is 22.7 Å². The van der Waals surface area contributed by atoms with Crippen molar-refractivity contribution < 1.29 is 4.42 Å². The normalized spacial score (nSPS) is 12.7. The second-order valence-electron chi connectivity index (χ2n) is 5.77. The van der Waals surface area contributed by atoms with Crippen LogP contribution in [0.15, 0.2) is 57.1 Å². The number of nitrogens with one attached hydrogen (secondary N) is 1. The first-order chi connectivity index (χ1) is 11.8. The van der Waals surface area contributed by atoms with Crippen LogP contribution in [0.3, 0.4) is 0 Å². The molecular weight excluding hydrogens is 336 g/mol. The summed E-state index contributed by atoms with van der Waals surface area (Å²) in [6, 6.07) is 10.6. The number of hydrogen-bond donors (Lipinski definition) is 1. The number of furan rings is 1. The molecule has 0 radical (unpaired) electrons. The lowest BCUT2D eigenvalue weighted by atomic mass is 10.1. The molecule has 0 bridgehead atoms. The van der Waals surface area contributed by atoms with Gasteiger partial charge in [0, 0.05) is 29.1 Å². The summed E-state index contributed by atoms with van der Waals surface area (Å²) in [6.07, 6.45) is 2.83. The molecule has 1 atom stereocenters. The zero-order valence-electron chi connectivity index (χ0n) is 13.4. The number of aryl methyl sites for hydroxylation is 1. The van der Waals surface area contributed by atoms with Crippen LogP contribution in [0, 0.1) is 6.92 Å². The van der Waals surface area contributed by atoms with Crippen LogP contribution in [0.2, 0.25) is 0 Å². The van der Waals surface area contributed by atoms with Gasteiger partial charge in [-0.1, -0.05) is 18.2 Å². The van der Waals surface area contributed by atoms with Gasteiger partial charge < -0.3 is 9.73 Å². The Hall–Kier alpha value is -1.95. The van der Waals surface area contributed by atoms with Crippen molar-refractivity contribution in [3.8, 4) is 0 Å². The largest absolute Gasteiger partial charge is 0.461 e. The number of para-hydroxylation sites is 1. The first kappa shape index (κ1) is 15.6. The Morgan fingerprint density at radius 1 is 1.21 bits per heavy atom. The van der Waals surface area contributed by atoms with Crippen molar-refractivity contribution >= 4 is 33.6 Å². The average Bonchev–Trinajstić information content (AvgIpc) is 3.33. The summed E-state index contributed by atoms with van der Waals surface area (Å²) in [7, 11) is 0. The second-order valence-corrected chi connectivity index (χ2v) is 7.48. The molecule has 0 aliphatic heterocycles. The summed E-state index contributed by atoms with van der Waals surface area (Å²) in [6.45, 7) is 2.81. The van der Waals surface area contributed by atoms with Crippen LogP contribution in [0.1, 0.15) is 27.9 Å². The summed E-state index contributed by atoms with van der Waals surface area (Å²) in [5, 5.41) is 12.4. The number of fused-ring (bicyclic) bond motifs is 1. The highest BCUT2D eigenvalue weighted by atomic mass is 32.1. The monoisotopic (exact) mass is 354 g/mol. The van der Waals surface area contributed by atoms with Gasteiger partial charge >= 0.3 is 0 Å². The first-order valence-corrected chi connectivity index (χ1v) is 9.74. The number of benzene rings is 1. The summed E-state index contributed by atoms with van der Waals surface area (Å²) in [5.74, 6) is 0.983. The van der Waals surface area contributed by atoms with Gasteiger partial charge in [0.1, 0.15) is 16.4 Å². The van der Waals surface area contributed by atoms with Crippen molar-refractivity contribution in [2.45, 2.75) is 25.9 Å². The van der Waals surface area contributed by atoms with Crippen molar-refractivity contribution in [2.75, 3.05) is 0 Å². The zero-order chi connectivity index (χ0) is 16.4. The lowest BCUT2D eigenvalue weighted by molar-refractivity contribution is 0.516. The number of nitrogens with zero attached hydrogens (tertiary/aromatic N) is 1. The molecule has 4 aromatic rings. The van der Waals surface area contributed by atoms with Crippen LogP contribution in [0.4, 0.5) is 0 Å². The molecule has 1 aromatic carbocycles. The molecule has 5 heteroatoms. The molecule has 3 aromatic heterocycles. The smallest absolute Gasteiger partial charge is 0.134 e. The van der Waals surface area contributed by atoms with Gasteiger partial charge in [-0.2, -0.15) is 11.3 Å². The highest BCUT2D eigenvalue weighted by Gasteiger charge is 2.17. The SMILES string of the molecule is Cc1oc2ccccc2c1CN[C@H](Cc1ccsc1)c1nccs1. The lowest BCUT2D eigenvalue weighted by Crippen LogP contribution is -2.23. The summed E-state index contributed by atoms with van der Waals surface area (Å²) >= 11 is 3.44. The molecule has 0 aliphatic rings. The third-order valence-corrected chi connectivity index (χ3v) is 5.82. The van der Waals surface area contributed by atoms with Crippen molar-refractivity contribution in [2.24, 2.45) is 0 Å². The van der Waals surface area contributed by atoms with Gasteiger partial charge in [-0.3, -0.25) is 0 Å². The van der Waals surface area contributed by atoms with Crippen LogP contribution in [0.25, 0.3) is 11.0 Å². The van der Waals surface area contributed by atoms with Crippen LogP contribution in [-0.2, 0) is 13.0 Å². The molecule has 0 amide bonds. The summed E-state index contributed by atoms with van der Waals surface area (Å²) < 4.78 is 5.88. The maximum Gasteiger partial charge on any atom is 0.134 e. The fourth-order valence-corrected chi connectivity index (χ4v) is 4.36. The van der Waals surface area contributed by atoms with Crippen molar-refractivity contribution in [1.82, 2.24) is 10.3 Å². The van der Waals surface area contributed by atoms with Gasteiger partial charge in [0.2, 0.25) is 0 Å². The molecule has 0 aliphatic carbocycles. The van der Waals surface area contributed by atoms with Crippen molar-refractivity contribution in [1.29, 1.82) is 0 Å². The number of aromatic nitrogens is 1. The van der Waals surface area contributed by atoms with E-state index < -0.39 is 0 Å². The van der Waals surface area contributed by atoms with Crippen LogP contribution in [-0.4, -0.2) is 4.98 Å². The van der Waals surface area contributed by atoms with Crippen LogP contribution in [0.5, 0.6) is 0 Å². The number of rotatable bonds is 6. The molecule has 4 rings (SSSR count). The van der Waals surface area contributed by atoms with E-state index in [1.807, 2.05) is 30.6 Å². The fourth-order valence-electron chi connectivity index (χ4n) is 2.96. The maximum absolute atomic E-state index is 5.88. The second kappa shape index (κ2) is 6.89. The minimum Gasteiger partial charge on any atom is -0.461 e. The van der Waals surface area contributed by atoms with E-state index in [0.717, 1.165) is 29.3 Å². The van der Waals surface area contributed by atoms with E-state index in [4.69, 9.17) is 4.42 Å². The Morgan fingerprint density at radius 2 is 2.12 bits per heavy atom. The summed E-state index contributed by atoms with van der Waals surface area (Å²) in [5.41, 5.74) is 3.54. The molecule has 3 heterocycles. The van der Waals surface area contributed by atoms with E-state index in [-0.39, 0.29) is 6.04 Å². The van der Waals surface area contributed by atoms with Gasteiger partial charge in [0.05, 0.1) is 6.04 Å². The third kappa shape index (κ3) is 3.15. The zero-order valence-corrected chi connectivity index (χ0v) is 15.0. The van der Waals surface area contributed by atoms with Gasteiger partial charge in [-0.05, 0) is 41.8 Å². The van der Waals surface area contributed by atoms with Crippen LogP contribution < -0.4 is 5.32 Å². The van der Waals surface area contributed by atoms with Gasteiger partial charge in [-0.15, -0.1) is 11.3 Å². The van der Waals surface area contributed by atoms with E-state index in [0.29, 0.717) is 0 Å². The van der Waals surface area contributed by atoms with E-state index in [2.05, 4.69) is 39.3 Å². The molecule has 0 spiro atoms. The predicted molar refractivity (Wildman–Crippen MR) is 101 cm³/mol. The van der Waals surface area contributed by atoms with E-state index >= 15 is 0 Å². The fraction of sp³-hybridized carbons (Fsp3) is 0.211. The van der Waals surface area contributed by atoms with E-state index in [1.165, 1.54) is 16.5 Å². The Bertz CT molecular complexity index is 910. The molecule has 3 nitrogen and oxygen atoms in total. The lowest BCUT2D eigenvalue weighted by Gasteiger charge is -2.16. The molecule has 0 saturated heterocycles. The highest BCUT2D eigenvalue weighted by molar-refractivity contribution is 7.09. The molecule has 122 valence electrons. The summed E-state index contributed by atoms with van der Waals surface area (Å²) in [4.78, 5) is 4.52. The maximum atomic E-state index is 5.88. The standard InChI is InChI=1S/C19H18N2OS2/c1-13-16(15-4-2-3-5-18(15)22-13)11-21-17(19-20-7-9-24-19)10-14-6-8-23-12-14/h2-9,12,17,21H,10-11H2,1H3/t17-/m1/s1. The average molecular weight is 354 g/mol. The highest BCUT2D eigenvalue weighted by Crippen LogP contribution is 2.27. The Labute approximate surface area is 149 Å². The van der Waals surface area contributed by atoms with E-state index in [9.17, 15) is 0 Å². The number of hydrogen-bond acceptors (Lipinski definition) is 5. The third-order valence-electron chi connectivity index (χ3n) is 4.19. The minimum absolute atomic E-state index is 0.215. The molecule has 0 saturated carbocycles. The van der Waals surface area contributed by atoms with Crippen molar-refractivity contribution in [3.63, 3.8) is 0 Å². The number of thiazole rings is 1. The quantitative estimate of drug-likeness (QED) is 0.508. The Balaban J connectivity index is 1.57. The molecule has 1 N–H and O–H groups in total. The predicted octanol–water partition coefficient (Wildman–Crippen LogP) is 5.33. The minimum atomic E-state index is 0.215. The van der Waals surface area contributed by atoms with Gasteiger partial charge in [-0.25, -0.2) is 4.98 Å². The van der Waals surface area contributed by atoms with Gasteiger partial charge in [0.25, 0.3) is 0 Å². The van der Waals surface area contributed by atoms with Crippen molar-refractivity contribution in [3.05, 3.63) is 74.6 Å². The number of thiophene rings is 1. The first-order valence-electron chi connectivity index (χ1n) is 7.92. The van der Waals surface area contributed by atoms with Gasteiger partial charge in [0.15, 0.2) is 0 Å². The Kier molecular flexibility index (Phi) is 4.47.